The summed E-state index contributed by atoms with van der Waals surface area (Å²) < 4.78 is 0. The van der Waals surface area contributed by atoms with Gasteiger partial charge >= 0.3 is 0 Å². The van der Waals surface area contributed by atoms with Gasteiger partial charge in [-0.15, -0.1) is 0 Å². The zero-order valence-corrected chi connectivity index (χ0v) is 12.4. The van der Waals surface area contributed by atoms with Gasteiger partial charge in [-0.2, -0.15) is 5.26 Å². The number of hydrogen-bond acceptors (Lipinski definition) is 3. The zero-order valence-electron chi connectivity index (χ0n) is 12.4. The molecule has 1 aromatic rings. The lowest BCUT2D eigenvalue weighted by Crippen LogP contribution is -2.44. The monoisotopic (exact) mass is 283 g/mol. The maximum absolute atomic E-state index is 12.5. The van der Waals surface area contributed by atoms with E-state index in [9.17, 15) is 4.79 Å². The molecule has 0 spiro atoms. The van der Waals surface area contributed by atoms with E-state index < -0.39 is 0 Å². The minimum absolute atomic E-state index is 0.00903. The van der Waals surface area contributed by atoms with Crippen LogP contribution in [-0.4, -0.2) is 29.4 Å². The minimum atomic E-state index is -0.134. The molecule has 0 aliphatic heterocycles. The van der Waals surface area contributed by atoms with Crippen molar-refractivity contribution in [2.24, 2.45) is 5.92 Å². The second-order valence-electron chi connectivity index (χ2n) is 6.19. The van der Waals surface area contributed by atoms with Crippen LogP contribution in [0.3, 0.4) is 0 Å². The number of anilines is 1. The molecule has 2 aliphatic carbocycles. The molecule has 3 rings (SSSR count). The number of hydrogen-bond donors (Lipinski definition) is 1. The van der Waals surface area contributed by atoms with Crippen molar-refractivity contribution in [1.82, 2.24) is 4.90 Å². The Hall–Kier alpha value is -1.86. The summed E-state index contributed by atoms with van der Waals surface area (Å²) in [4.78, 5) is 14.8. The number of nitrogens with zero attached hydrogens (tertiary/aromatic N) is 2. The standard InChI is InChI=1S/C17H21N3O/c1-12(20(15-8-9-15)11-13-6-7-13)17(21)19-16-5-3-2-4-14(16)10-18/h2-5,12-13,15H,6-9,11H2,1H3,(H,19,21). The highest BCUT2D eigenvalue weighted by Gasteiger charge is 2.38. The summed E-state index contributed by atoms with van der Waals surface area (Å²) in [6.45, 7) is 3.02. The molecule has 1 atom stereocenters. The number of rotatable bonds is 6. The normalized spacial score (nSPS) is 19.1. The SMILES string of the molecule is CC(C(=O)Nc1ccccc1C#N)N(CC1CC1)C1CC1. The van der Waals surface area contributed by atoms with Gasteiger partial charge in [0.05, 0.1) is 17.3 Å². The Morgan fingerprint density at radius 1 is 1.38 bits per heavy atom. The van der Waals surface area contributed by atoms with Crippen LogP contribution in [0.4, 0.5) is 5.69 Å². The molecule has 0 aromatic heterocycles. The van der Waals surface area contributed by atoms with E-state index in [-0.39, 0.29) is 11.9 Å². The van der Waals surface area contributed by atoms with E-state index in [1.807, 2.05) is 13.0 Å². The Kier molecular flexibility index (Phi) is 3.94. The van der Waals surface area contributed by atoms with Gasteiger partial charge in [0, 0.05) is 12.6 Å². The van der Waals surface area contributed by atoms with Gasteiger partial charge in [0.25, 0.3) is 0 Å². The molecule has 21 heavy (non-hydrogen) atoms. The molecule has 0 bridgehead atoms. The highest BCUT2D eigenvalue weighted by molar-refractivity contribution is 5.95. The van der Waals surface area contributed by atoms with Gasteiger partial charge in [0.1, 0.15) is 6.07 Å². The van der Waals surface area contributed by atoms with Crippen LogP contribution in [-0.2, 0) is 4.79 Å². The van der Waals surface area contributed by atoms with Crippen molar-refractivity contribution in [2.75, 3.05) is 11.9 Å². The first-order valence-corrected chi connectivity index (χ1v) is 7.74. The molecule has 2 saturated carbocycles. The van der Waals surface area contributed by atoms with Crippen molar-refractivity contribution in [3.63, 3.8) is 0 Å². The highest BCUT2D eigenvalue weighted by atomic mass is 16.2. The molecular weight excluding hydrogens is 262 g/mol. The molecule has 1 amide bonds. The fourth-order valence-corrected chi connectivity index (χ4v) is 2.71. The van der Waals surface area contributed by atoms with Crippen LogP contribution in [0.5, 0.6) is 0 Å². The van der Waals surface area contributed by atoms with E-state index in [4.69, 9.17) is 5.26 Å². The number of carbonyl (C=O) groups is 1. The van der Waals surface area contributed by atoms with E-state index in [2.05, 4.69) is 16.3 Å². The van der Waals surface area contributed by atoms with Crippen LogP contribution in [0, 0.1) is 17.2 Å². The van der Waals surface area contributed by atoms with Gasteiger partial charge in [0.2, 0.25) is 5.91 Å². The predicted molar refractivity (Wildman–Crippen MR) is 81.7 cm³/mol. The third kappa shape index (κ3) is 3.43. The molecule has 1 N–H and O–H groups in total. The summed E-state index contributed by atoms with van der Waals surface area (Å²) in [6, 6.07) is 9.72. The van der Waals surface area contributed by atoms with Crippen molar-refractivity contribution in [3.05, 3.63) is 29.8 Å². The Bertz CT molecular complexity index is 570. The second-order valence-corrected chi connectivity index (χ2v) is 6.19. The molecule has 1 aromatic carbocycles. The summed E-state index contributed by atoms with van der Waals surface area (Å²) in [7, 11) is 0. The first-order valence-electron chi connectivity index (χ1n) is 7.74. The van der Waals surface area contributed by atoms with Crippen LogP contribution in [0.2, 0.25) is 0 Å². The molecule has 110 valence electrons. The van der Waals surface area contributed by atoms with Crippen molar-refractivity contribution in [1.29, 1.82) is 5.26 Å². The Morgan fingerprint density at radius 2 is 2.10 bits per heavy atom. The molecule has 4 heteroatoms. The zero-order chi connectivity index (χ0) is 14.8. The molecular formula is C17H21N3O. The van der Waals surface area contributed by atoms with Gasteiger partial charge in [-0.3, -0.25) is 9.69 Å². The molecule has 4 nitrogen and oxygen atoms in total. The van der Waals surface area contributed by atoms with E-state index >= 15 is 0 Å². The fourth-order valence-electron chi connectivity index (χ4n) is 2.71. The number of nitriles is 1. The average molecular weight is 283 g/mol. The fraction of sp³-hybridized carbons (Fsp3) is 0.529. The van der Waals surface area contributed by atoms with Crippen LogP contribution < -0.4 is 5.32 Å². The number of para-hydroxylation sites is 1. The summed E-state index contributed by atoms with van der Waals surface area (Å²) in [5.74, 6) is 0.775. The molecule has 0 heterocycles. The number of amides is 1. The Morgan fingerprint density at radius 3 is 2.71 bits per heavy atom. The van der Waals surface area contributed by atoms with Crippen LogP contribution in [0.25, 0.3) is 0 Å². The maximum Gasteiger partial charge on any atom is 0.241 e. The van der Waals surface area contributed by atoms with E-state index in [0.29, 0.717) is 17.3 Å². The predicted octanol–water partition coefficient (Wildman–Crippen LogP) is 2.76. The third-order valence-electron chi connectivity index (χ3n) is 4.36. The van der Waals surface area contributed by atoms with E-state index in [1.54, 1.807) is 18.2 Å². The van der Waals surface area contributed by atoms with Crippen molar-refractivity contribution in [3.8, 4) is 6.07 Å². The number of nitrogens with one attached hydrogen (secondary N) is 1. The van der Waals surface area contributed by atoms with Crippen molar-refractivity contribution < 1.29 is 4.79 Å². The first-order chi connectivity index (χ1) is 10.2. The summed E-state index contributed by atoms with van der Waals surface area (Å²) in [5.41, 5.74) is 1.12. The van der Waals surface area contributed by atoms with Gasteiger partial charge < -0.3 is 5.32 Å². The molecule has 2 aliphatic rings. The Balaban J connectivity index is 1.67. The highest BCUT2D eigenvalue weighted by Crippen LogP contribution is 2.36. The van der Waals surface area contributed by atoms with Crippen LogP contribution >= 0.6 is 0 Å². The summed E-state index contributed by atoms with van der Waals surface area (Å²) >= 11 is 0. The van der Waals surface area contributed by atoms with Gasteiger partial charge in [-0.1, -0.05) is 12.1 Å². The minimum Gasteiger partial charge on any atom is -0.324 e. The van der Waals surface area contributed by atoms with E-state index in [0.717, 1.165) is 12.5 Å². The third-order valence-corrected chi connectivity index (χ3v) is 4.36. The average Bonchev–Trinajstić information content (AvgIpc) is 3.38. The van der Waals surface area contributed by atoms with Gasteiger partial charge in [0.15, 0.2) is 0 Å². The van der Waals surface area contributed by atoms with Crippen molar-refractivity contribution in [2.45, 2.75) is 44.7 Å². The first kappa shape index (κ1) is 14.1. The lowest BCUT2D eigenvalue weighted by molar-refractivity contribution is -0.121. The summed E-state index contributed by atoms with van der Waals surface area (Å²) in [6.07, 6.45) is 5.02. The Labute approximate surface area is 125 Å². The topological polar surface area (TPSA) is 56.1 Å². The number of benzene rings is 1. The van der Waals surface area contributed by atoms with Crippen LogP contribution in [0.15, 0.2) is 24.3 Å². The molecule has 2 fully saturated rings. The smallest absolute Gasteiger partial charge is 0.241 e. The quantitative estimate of drug-likeness (QED) is 0.873. The maximum atomic E-state index is 12.5. The lowest BCUT2D eigenvalue weighted by Gasteiger charge is -2.28. The second kappa shape index (κ2) is 5.87. The van der Waals surface area contributed by atoms with Crippen molar-refractivity contribution >= 4 is 11.6 Å². The van der Waals surface area contributed by atoms with Gasteiger partial charge in [-0.25, -0.2) is 0 Å². The van der Waals surface area contributed by atoms with Gasteiger partial charge in [-0.05, 0) is 50.7 Å². The van der Waals surface area contributed by atoms with Crippen LogP contribution in [0.1, 0.15) is 38.2 Å². The van der Waals surface area contributed by atoms with E-state index in [1.165, 1.54) is 25.7 Å². The molecule has 0 radical (unpaired) electrons. The summed E-state index contributed by atoms with van der Waals surface area (Å²) in [5, 5.41) is 12.0. The molecule has 0 saturated heterocycles. The largest absolute Gasteiger partial charge is 0.324 e. The lowest BCUT2D eigenvalue weighted by atomic mass is 10.1. The molecule has 1 unspecified atom stereocenters. The number of carbonyl (C=O) groups excluding carboxylic acids is 1.